The Morgan fingerprint density at radius 2 is 2.12 bits per heavy atom. The number of benzene rings is 1. The fourth-order valence-electron chi connectivity index (χ4n) is 3.09. The van der Waals surface area contributed by atoms with Crippen molar-refractivity contribution >= 4 is 22.0 Å². The van der Waals surface area contributed by atoms with Gasteiger partial charge in [0, 0.05) is 35.2 Å². The van der Waals surface area contributed by atoms with Crippen LogP contribution in [0.3, 0.4) is 0 Å². The molecule has 2 rings (SSSR count). The Balaban J connectivity index is 1.89. The molecule has 1 aromatic carbocycles. The van der Waals surface area contributed by atoms with Gasteiger partial charge in [0.1, 0.15) is 11.4 Å². The van der Waals surface area contributed by atoms with Gasteiger partial charge in [0.15, 0.2) is 0 Å². The minimum absolute atomic E-state index is 0.158. The minimum atomic E-state index is -0.455. The maximum absolute atomic E-state index is 12.3. The van der Waals surface area contributed by atoms with Gasteiger partial charge in [0.05, 0.1) is 7.11 Å². The zero-order chi connectivity index (χ0) is 18.6. The normalized spacial score (nSPS) is 21.1. The average molecular weight is 413 g/mol. The minimum Gasteiger partial charge on any atom is -0.496 e. The summed E-state index contributed by atoms with van der Waals surface area (Å²) in [5.74, 6) is 0.884. The van der Waals surface area contributed by atoms with Crippen molar-refractivity contribution in [2.75, 3.05) is 13.7 Å². The first-order chi connectivity index (χ1) is 11.7. The molecule has 1 aromatic rings. The molecule has 6 heteroatoms. The second-order valence-electron chi connectivity index (χ2n) is 7.58. The standard InChI is InChI=1S/C19H29BrN2O3/c1-13-10-16(8-9-22(13)18(23)25-19(2,3)4)21-12-14-11-15(20)6-7-17(14)24-5/h6-7,11,13,16,21H,8-10,12H2,1-5H3. The summed E-state index contributed by atoms with van der Waals surface area (Å²) in [6.07, 6.45) is 1.61. The quantitative estimate of drug-likeness (QED) is 0.798. The van der Waals surface area contributed by atoms with Gasteiger partial charge in [-0.05, 0) is 58.7 Å². The van der Waals surface area contributed by atoms with Gasteiger partial charge in [-0.2, -0.15) is 0 Å². The van der Waals surface area contributed by atoms with E-state index in [-0.39, 0.29) is 12.1 Å². The lowest BCUT2D eigenvalue weighted by atomic mass is 9.98. The zero-order valence-electron chi connectivity index (χ0n) is 15.8. The molecule has 1 aliphatic heterocycles. The molecule has 2 atom stereocenters. The Hall–Kier alpha value is -1.27. The van der Waals surface area contributed by atoms with Gasteiger partial charge in [0.2, 0.25) is 0 Å². The number of halogens is 1. The summed E-state index contributed by atoms with van der Waals surface area (Å²) in [4.78, 5) is 14.1. The number of rotatable bonds is 4. The number of ether oxygens (including phenoxy) is 2. The highest BCUT2D eigenvalue weighted by atomic mass is 79.9. The molecule has 1 saturated heterocycles. The summed E-state index contributed by atoms with van der Waals surface area (Å²) in [5.41, 5.74) is 0.669. The van der Waals surface area contributed by atoms with Gasteiger partial charge in [-0.15, -0.1) is 0 Å². The summed E-state index contributed by atoms with van der Waals surface area (Å²) in [6.45, 7) is 9.23. The number of piperidine rings is 1. The number of carbonyl (C=O) groups is 1. The van der Waals surface area contributed by atoms with Crippen LogP contribution in [0.4, 0.5) is 4.79 Å². The zero-order valence-corrected chi connectivity index (χ0v) is 17.4. The molecule has 1 fully saturated rings. The molecule has 1 amide bonds. The van der Waals surface area contributed by atoms with E-state index in [1.54, 1.807) is 7.11 Å². The van der Waals surface area contributed by atoms with Crippen molar-refractivity contribution < 1.29 is 14.3 Å². The molecule has 0 saturated carbocycles. The molecule has 25 heavy (non-hydrogen) atoms. The van der Waals surface area contributed by atoms with E-state index in [1.807, 2.05) is 37.8 Å². The first-order valence-electron chi connectivity index (χ1n) is 8.75. The van der Waals surface area contributed by atoms with E-state index in [9.17, 15) is 4.79 Å². The third-order valence-corrected chi connectivity index (χ3v) is 4.82. The SMILES string of the molecule is COc1ccc(Br)cc1CNC1CCN(C(=O)OC(C)(C)C)C(C)C1. The second kappa shape index (κ2) is 8.41. The Bertz CT molecular complexity index is 601. The maximum Gasteiger partial charge on any atom is 0.410 e. The lowest BCUT2D eigenvalue weighted by Crippen LogP contribution is -2.50. The van der Waals surface area contributed by atoms with Gasteiger partial charge >= 0.3 is 6.09 Å². The van der Waals surface area contributed by atoms with Crippen LogP contribution in [0, 0.1) is 0 Å². The lowest BCUT2D eigenvalue weighted by molar-refractivity contribution is 0.00932. The molecular weight excluding hydrogens is 384 g/mol. The number of methoxy groups -OCH3 is 1. The van der Waals surface area contributed by atoms with Crippen LogP contribution < -0.4 is 10.1 Å². The molecule has 1 N–H and O–H groups in total. The predicted molar refractivity (Wildman–Crippen MR) is 103 cm³/mol. The van der Waals surface area contributed by atoms with Crippen LogP contribution in [0.15, 0.2) is 22.7 Å². The fraction of sp³-hybridized carbons (Fsp3) is 0.632. The third kappa shape index (κ3) is 5.89. The van der Waals surface area contributed by atoms with Crippen LogP contribution in [0.2, 0.25) is 0 Å². The van der Waals surface area contributed by atoms with Crippen molar-refractivity contribution in [2.45, 2.75) is 64.8 Å². The van der Waals surface area contributed by atoms with Crippen molar-refractivity contribution in [3.63, 3.8) is 0 Å². The molecule has 0 bridgehead atoms. The molecule has 0 spiro atoms. The smallest absolute Gasteiger partial charge is 0.410 e. The summed E-state index contributed by atoms with van der Waals surface area (Å²) >= 11 is 3.51. The van der Waals surface area contributed by atoms with Gasteiger partial charge < -0.3 is 19.7 Å². The number of nitrogens with one attached hydrogen (secondary N) is 1. The van der Waals surface area contributed by atoms with E-state index in [0.29, 0.717) is 12.6 Å². The Morgan fingerprint density at radius 1 is 1.40 bits per heavy atom. The van der Waals surface area contributed by atoms with E-state index >= 15 is 0 Å². The van der Waals surface area contributed by atoms with Crippen molar-refractivity contribution in [2.24, 2.45) is 0 Å². The van der Waals surface area contributed by atoms with E-state index < -0.39 is 5.60 Å². The topological polar surface area (TPSA) is 50.8 Å². The number of likely N-dealkylation sites (tertiary alicyclic amines) is 1. The van der Waals surface area contributed by atoms with Crippen LogP contribution in [0.25, 0.3) is 0 Å². The van der Waals surface area contributed by atoms with Crippen LogP contribution in [-0.4, -0.2) is 42.3 Å². The number of hydrogen-bond donors (Lipinski definition) is 1. The molecule has 5 nitrogen and oxygen atoms in total. The average Bonchev–Trinajstić information content (AvgIpc) is 2.51. The van der Waals surface area contributed by atoms with Crippen LogP contribution in [0.1, 0.15) is 46.1 Å². The summed E-state index contributed by atoms with van der Waals surface area (Å²) < 4.78 is 12.0. The molecule has 0 aromatic heterocycles. The molecule has 1 aliphatic rings. The van der Waals surface area contributed by atoms with E-state index in [0.717, 1.165) is 35.2 Å². The van der Waals surface area contributed by atoms with Crippen molar-refractivity contribution in [1.29, 1.82) is 0 Å². The molecule has 2 unspecified atom stereocenters. The van der Waals surface area contributed by atoms with Gasteiger partial charge in [0.25, 0.3) is 0 Å². The van der Waals surface area contributed by atoms with Crippen molar-refractivity contribution in [3.8, 4) is 5.75 Å². The summed E-state index contributed by atoms with van der Waals surface area (Å²) in [6, 6.07) is 6.55. The van der Waals surface area contributed by atoms with Crippen molar-refractivity contribution in [1.82, 2.24) is 10.2 Å². The predicted octanol–water partition coefficient (Wildman–Crippen LogP) is 4.34. The van der Waals surface area contributed by atoms with Gasteiger partial charge in [-0.3, -0.25) is 0 Å². The van der Waals surface area contributed by atoms with E-state index in [4.69, 9.17) is 9.47 Å². The van der Waals surface area contributed by atoms with Crippen LogP contribution in [-0.2, 0) is 11.3 Å². The molecule has 140 valence electrons. The van der Waals surface area contributed by atoms with E-state index in [2.05, 4.69) is 34.2 Å². The first kappa shape index (κ1) is 20.0. The monoisotopic (exact) mass is 412 g/mol. The fourth-order valence-corrected chi connectivity index (χ4v) is 3.50. The highest BCUT2D eigenvalue weighted by molar-refractivity contribution is 9.10. The number of nitrogens with zero attached hydrogens (tertiary/aromatic N) is 1. The van der Waals surface area contributed by atoms with Crippen molar-refractivity contribution in [3.05, 3.63) is 28.2 Å². The highest BCUT2D eigenvalue weighted by Gasteiger charge is 2.31. The molecule has 1 heterocycles. The largest absolute Gasteiger partial charge is 0.496 e. The number of carbonyl (C=O) groups excluding carboxylic acids is 1. The lowest BCUT2D eigenvalue weighted by Gasteiger charge is -2.38. The molecule has 0 aliphatic carbocycles. The van der Waals surface area contributed by atoms with Gasteiger partial charge in [-0.25, -0.2) is 4.79 Å². The number of hydrogen-bond acceptors (Lipinski definition) is 4. The third-order valence-electron chi connectivity index (χ3n) is 4.33. The van der Waals surface area contributed by atoms with Gasteiger partial charge in [-0.1, -0.05) is 15.9 Å². The Kier molecular flexibility index (Phi) is 6.74. The molecule has 0 radical (unpaired) electrons. The maximum atomic E-state index is 12.3. The highest BCUT2D eigenvalue weighted by Crippen LogP contribution is 2.24. The van der Waals surface area contributed by atoms with Crippen LogP contribution in [0.5, 0.6) is 5.75 Å². The summed E-state index contributed by atoms with van der Waals surface area (Å²) in [7, 11) is 1.69. The first-order valence-corrected chi connectivity index (χ1v) is 9.54. The summed E-state index contributed by atoms with van der Waals surface area (Å²) in [5, 5.41) is 3.60. The van der Waals surface area contributed by atoms with Crippen LogP contribution >= 0.6 is 15.9 Å². The van der Waals surface area contributed by atoms with E-state index in [1.165, 1.54) is 0 Å². The second-order valence-corrected chi connectivity index (χ2v) is 8.50. The Morgan fingerprint density at radius 3 is 2.72 bits per heavy atom. The Labute approximate surface area is 159 Å². The number of amides is 1. The molecular formula is C19H29BrN2O3.